The molecule has 80 valence electrons. The Morgan fingerprint density at radius 2 is 1.06 bits per heavy atom. The number of carbonyl (C=O) groups excluding carboxylic acids is 2. The molecule has 0 saturated heterocycles. The van der Waals surface area contributed by atoms with Crippen LogP contribution in [-0.2, 0) is 9.59 Å². The lowest BCUT2D eigenvalue weighted by Gasteiger charge is -2.11. The summed E-state index contributed by atoms with van der Waals surface area (Å²) in [5.41, 5.74) is 2.95. The molecule has 0 amide bonds. The minimum atomic E-state index is -0.103. The van der Waals surface area contributed by atoms with Gasteiger partial charge in [-0.25, -0.2) is 0 Å². The second-order valence-corrected chi connectivity index (χ2v) is 4.00. The Bertz CT molecular complexity index is 475. The van der Waals surface area contributed by atoms with Gasteiger partial charge in [-0.3, -0.25) is 9.59 Å². The number of carbonyl (C=O) groups is 2. The maximum absolute atomic E-state index is 11.7. The Labute approximate surface area is 94.3 Å². The minimum absolute atomic E-state index is 0.103. The minimum Gasteiger partial charge on any atom is -0.289 e. The van der Waals surface area contributed by atoms with Gasteiger partial charge in [-0.15, -0.1) is 0 Å². The van der Waals surface area contributed by atoms with Gasteiger partial charge in [0.1, 0.15) is 0 Å². The highest BCUT2D eigenvalue weighted by Gasteiger charge is 2.18. The van der Waals surface area contributed by atoms with Crippen molar-refractivity contribution in [3.63, 3.8) is 0 Å². The quantitative estimate of drug-likeness (QED) is 0.578. The van der Waals surface area contributed by atoms with Crippen molar-refractivity contribution in [3.05, 3.63) is 58.7 Å². The molecular weight excluding hydrogens is 200 g/mol. The molecule has 0 aromatic carbocycles. The van der Waals surface area contributed by atoms with E-state index in [1.54, 1.807) is 24.3 Å². The van der Waals surface area contributed by atoms with Gasteiger partial charge in [0.2, 0.25) is 0 Å². The molecule has 0 aromatic rings. The van der Waals surface area contributed by atoms with Crippen molar-refractivity contribution in [2.45, 2.75) is 13.8 Å². The van der Waals surface area contributed by atoms with E-state index in [2.05, 4.69) is 0 Å². The third-order valence-corrected chi connectivity index (χ3v) is 2.56. The number of rotatable bonds is 0. The Kier molecular flexibility index (Phi) is 2.57. The highest BCUT2D eigenvalue weighted by Crippen LogP contribution is 2.22. The predicted octanol–water partition coefficient (Wildman–Crippen LogP) is 2.45. The van der Waals surface area contributed by atoms with Crippen molar-refractivity contribution in [2.24, 2.45) is 0 Å². The van der Waals surface area contributed by atoms with Gasteiger partial charge >= 0.3 is 0 Å². The molecule has 0 unspecified atom stereocenters. The SMILES string of the molecule is CC1=C/C(=C2/C=C(C)C=CC2=O)C(=O)C=C1. The van der Waals surface area contributed by atoms with E-state index < -0.39 is 0 Å². The number of allylic oxidation sites excluding steroid dienone is 10. The lowest BCUT2D eigenvalue weighted by atomic mass is 9.91. The van der Waals surface area contributed by atoms with Crippen LogP contribution in [0.15, 0.2) is 58.7 Å². The summed E-state index contributed by atoms with van der Waals surface area (Å²) in [6.07, 6.45) is 10.0. The van der Waals surface area contributed by atoms with E-state index in [1.807, 2.05) is 13.8 Å². The second-order valence-electron chi connectivity index (χ2n) is 4.00. The first kappa shape index (κ1) is 10.6. The van der Waals surface area contributed by atoms with Crippen LogP contribution < -0.4 is 0 Å². The van der Waals surface area contributed by atoms with Crippen LogP contribution in [0.25, 0.3) is 0 Å². The Balaban J connectivity index is 2.57. The molecule has 2 aliphatic rings. The molecule has 2 rings (SSSR count). The molecule has 0 aromatic heterocycles. The van der Waals surface area contributed by atoms with Crippen LogP contribution in [0.1, 0.15) is 13.8 Å². The Morgan fingerprint density at radius 1 is 0.688 bits per heavy atom. The van der Waals surface area contributed by atoms with Crippen LogP contribution in [0.3, 0.4) is 0 Å². The topological polar surface area (TPSA) is 34.1 Å². The standard InChI is InChI=1S/C14H12O2/c1-9-3-5-13(15)11(7-9)12-8-10(2)4-6-14(12)16/h3-8H,1-2H3/b12-11+. The molecule has 0 bridgehead atoms. The fourth-order valence-corrected chi connectivity index (χ4v) is 1.71. The molecule has 0 spiro atoms. The van der Waals surface area contributed by atoms with Crippen LogP contribution >= 0.6 is 0 Å². The van der Waals surface area contributed by atoms with Gasteiger partial charge in [0.25, 0.3) is 0 Å². The van der Waals surface area contributed by atoms with Crippen molar-refractivity contribution in [1.82, 2.24) is 0 Å². The third-order valence-electron chi connectivity index (χ3n) is 2.56. The van der Waals surface area contributed by atoms with E-state index in [0.29, 0.717) is 11.1 Å². The van der Waals surface area contributed by atoms with Gasteiger partial charge in [-0.1, -0.05) is 23.3 Å². The van der Waals surface area contributed by atoms with Crippen LogP contribution in [0.5, 0.6) is 0 Å². The summed E-state index contributed by atoms with van der Waals surface area (Å²) in [5.74, 6) is -0.207. The van der Waals surface area contributed by atoms with Gasteiger partial charge in [0.15, 0.2) is 11.6 Å². The fourth-order valence-electron chi connectivity index (χ4n) is 1.71. The summed E-state index contributed by atoms with van der Waals surface area (Å²) in [5, 5.41) is 0. The highest BCUT2D eigenvalue weighted by atomic mass is 16.1. The zero-order valence-electron chi connectivity index (χ0n) is 9.28. The summed E-state index contributed by atoms with van der Waals surface area (Å²) in [6.45, 7) is 3.81. The molecule has 0 heterocycles. The molecule has 2 heteroatoms. The lowest BCUT2D eigenvalue weighted by Crippen LogP contribution is -2.11. The van der Waals surface area contributed by atoms with E-state index in [0.717, 1.165) is 11.1 Å². The van der Waals surface area contributed by atoms with Crippen molar-refractivity contribution in [1.29, 1.82) is 0 Å². The molecule has 16 heavy (non-hydrogen) atoms. The molecule has 2 aliphatic carbocycles. The van der Waals surface area contributed by atoms with Crippen molar-refractivity contribution in [2.75, 3.05) is 0 Å². The predicted molar refractivity (Wildman–Crippen MR) is 62.8 cm³/mol. The first-order valence-electron chi connectivity index (χ1n) is 5.13. The van der Waals surface area contributed by atoms with Crippen molar-refractivity contribution in [3.8, 4) is 0 Å². The average Bonchev–Trinajstić information content (AvgIpc) is 2.25. The number of hydrogen-bond donors (Lipinski definition) is 0. The maximum Gasteiger partial charge on any atom is 0.186 e. The molecule has 2 nitrogen and oxygen atoms in total. The largest absolute Gasteiger partial charge is 0.289 e. The molecule has 0 radical (unpaired) electrons. The van der Waals surface area contributed by atoms with E-state index >= 15 is 0 Å². The Hall–Kier alpha value is -1.96. The molecule has 0 fully saturated rings. The Morgan fingerprint density at radius 3 is 1.44 bits per heavy atom. The van der Waals surface area contributed by atoms with E-state index in [1.165, 1.54) is 12.2 Å². The van der Waals surface area contributed by atoms with Gasteiger partial charge in [0, 0.05) is 11.1 Å². The summed E-state index contributed by atoms with van der Waals surface area (Å²) < 4.78 is 0. The zero-order valence-corrected chi connectivity index (χ0v) is 9.28. The average molecular weight is 212 g/mol. The van der Waals surface area contributed by atoms with E-state index in [9.17, 15) is 9.59 Å². The molecule has 0 N–H and O–H groups in total. The molecule has 0 atom stereocenters. The maximum atomic E-state index is 11.7. The van der Waals surface area contributed by atoms with Crippen molar-refractivity contribution >= 4 is 11.6 Å². The van der Waals surface area contributed by atoms with Crippen LogP contribution in [-0.4, -0.2) is 11.6 Å². The van der Waals surface area contributed by atoms with Gasteiger partial charge in [-0.05, 0) is 38.2 Å². The van der Waals surface area contributed by atoms with Gasteiger partial charge in [0.05, 0.1) is 0 Å². The normalized spacial score (nSPS) is 24.6. The van der Waals surface area contributed by atoms with E-state index in [-0.39, 0.29) is 11.6 Å². The number of hydrogen-bond acceptors (Lipinski definition) is 2. The molecule has 0 saturated carbocycles. The van der Waals surface area contributed by atoms with Crippen LogP contribution in [0.2, 0.25) is 0 Å². The highest BCUT2D eigenvalue weighted by molar-refractivity contribution is 6.18. The summed E-state index contributed by atoms with van der Waals surface area (Å²) in [4.78, 5) is 23.4. The second kappa shape index (κ2) is 3.89. The van der Waals surface area contributed by atoms with Crippen LogP contribution in [0, 0.1) is 0 Å². The van der Waals surface area contributed by atoms with Gasteiger partial charge < -0.3 is 0 Å². The third kappa shape index (κ3) is 1.87. The first-order valence-corrected chi connectivity index (χ1v) is 5.13. The molecule has 0 aliphatic heterocycles. The summed E-state index contributed by atoms with van der Waals surface area (Å²) in [6, 6.07) is 0. The molecular formula is C14H12O2. The summed E-state index contributed by atoms with van der Waals surface area (Å²) in [7, 11) is 0. The van der Waals surface area contributed by atoms with Gasteiger partial charge in [-0.2, -0.15) is 0 Å². The number of ketones is 2. The lowest BCUT2D eigenvalue weighted by molar-refractivity contribution is -0.113. The first-order chi connectivity index (χ1) is 7.58. The van der Waals surface area contributed by atoms with E-state index in [4.69, 9.17) is 0 Å². The zero-order chi connectivity index (χ0) is 11.7. The fraction of sp³-hybridized carbons (Fsp3) is 0.143. The summed E-state index contributed by atoms with van der Waals surface area (Å²) >= 11 is 0. The monoisotopic (exact) mass is 212 g/mol. The smallest absolute Gasteiger partial charge is 0.186 e. The van der Waals surface area contributed by atoms with Crippen LogP contribution in [0.4, 0.5) is 0 Å². The van der Waals surface area contributed by atoms with Crippen molar-refractivity contribution < 1.29 is 9.59 Å².